The van der Waals surface area contributed by atoms with E-state index < -0.39 is 0 Å². The SMILES string of the molecule is CCOc1ccc(N2CC3CC4(CC24)C3NC(=O)CCC#N)cc1. The van der Waals surface area contributed by atoms with Gasteiger partial charge >= 0.3 is 0 Å². The maximum atomic E-state index is 12.0. The molecule has 2 aliphatic heterocycles. The molecule has 5 heteroatoms. The van der Waals surface area contributed by atoms with Gasteiger partial charge in [0.2, 0.25) is 5.91 Å². The van der Waals surface area contributed by atoms with Crippen molar-refractivity contribution < 1.29 is 9.53 Å². The standard InChI is InChI=1S/C19H23N3O2/c1-2-24-15-7-5-14(6-8-15)22-12-13-10-19(11-16(19)22)18(13)21-17(23)4-3-9-20/h5-8,13,16,18H,2-4,10-12H2,1H3,(H,21,23). The van der Waals surface area contributed by atoms with Gasteiger partial charge in [-0.15, -0.1) is 0 Å². The summed E-state index contributed by atoms with van der Waals surface area (Å²) in [5.41, 5.74) is 1.54. The molecule has 2 saturated heterocycles. The molecular formula is C19H23N3O2. The van der Waals surface area contributed by atoms with Gasteiger partial charge in [0.25, 0.3) is 0 Å². The highest BCUT2D eigenvalue weighted by atomic mass is 16.5. The zero-order valence-electron chi connectivity index (χ0n) is 14.0. The van der Waals surface area contributed by atoms with E-state index in [1.807, 2.05) is 25.1 Å². The number of fused-ring (bicyclic) bond motifs is 1. The van der Waals surface area contributed by atoms with Crippen LogP contribution in [-0.2, 0) is 4.79 Å². The van der Waals surface area contributed by atoms with Gasteiger partial charge in [0.15, 0.2) is 0 Å². The second-order valence-electron chi connectivity index (χ2n) is 7.20. The fourth-order valence-corrected chi connectivity index (χ4v) is 4.73. The summed E-state index contributed by atoms with van der Waals surface area (Å²) < 4.78 is 5.52. The van der Waals surface area contributed by atoms with Crippen LogP contribution in [0, 0.1) is 22.7 Å². The predicted octanol–water partition coefficient (Wildman–Crippen LogP) is 2.47. The first-order valence-electron chi connectivity index (χ1n) is 8.84. The van der Waals surface area contributed by atoms with Crippen molar-refractivity contribution in [3.8, 4) is 11.8 Å². The quantitative estimate of drug-likeness (QED) is 0.872. The Morgan fingerprint density at radius 3 is 2.92 bits per heavy atom. The van der Waals surface area contributed by atoms with Gasteiger partial charge < -0.3 is 15.0 Å². The molecule has 1 aromatic rings. The summed E-state index contributed by atoms with van der Waals surface area (Å²) in [6, 6.07) is 11.3. The number of rotatable bonds is 6. The monoisotopic (exact) mass is 325 g/mol. The van der Waals surface area contributed by atoms with E-state index in [1.165, 1.54) is 18.5 Å². The van der Waals surface area contributed by atoms with Crippen LogP contribution in [-0.4, -0.2) is 31.1 Å². The van der Waals surface area contributed by atoms with E-state index in [2.05, 4.69) is 22.3 Å². The molecule has 5 nitrogen and oxygen atoms in total. The fraction of sp³-hybridized carbons (Fsp3) is 0.579. The number of piperidine rings is 2. The van der Waals surface area contributed by atoms with Gasteiger partial charge in [-0.2, -0.15) is 5.26 Å². The van der Waals surface area contributed by atoms with Crippen LogP contribution in [0.4, 0.5) is 5.69 Å². The van der Waals surface area contributed by atoms with Crippen molar-refractivity contribution in [2.45, 2.75) is 44.7 Å². The van der Waals surface area contributed by atoms with Gasteiger partial charge in [-0.3, -0.25) is 4.79 Å². The van der Waals surface area contributed by atoms with Crippen LogP contribution in [0.15, 0.2) is 24.3 Å². The molecule has 1 N–H and O–H groups in total. The summed E-state index contributed by atoms with van der Waals surface area (Å²) in [7, 11) is 0. The fourth-order valence-electron chi connectivity index (χ4n) is 4.73. The Balaban J connectivity index is 1.41. The van der Waals surface area contributed by atoms with Crippen molar-refractivity contribution >= 4 is 11.6 Å². The maximum Gasteiger partial charge on any atom is 0.221 e. The third-order valence-electron chi connectivity index (χ3n) is 5.88. The normalized spacial score (nSPS) is 32.2. The van der Waals surface area contributed by atoms with Crippen molar-refractivity contribution in [1.82, 2.24) is 5.32 Å². The first-order chi connectivity index (χ1) is 11.7. The third-order valence-corrected chi connectivity index (χ3v) is 5.88. The number of benzene rings is 1. The molecule has 0 aromatic heterocycles. The van der Waals surface area contributed by atoms with Gasteiger partial charge in [-0.05, 0) is 49.9 Å². The average Bonchev–Trinajstić information content (AvgIpc) is 3.37. The molecule has 2 heterocycles. The van der Waals surface area contributed by atoms with E-state index in [1.54, 1.807) is 0 Å². The molecule has 1 amide bonds. The smallest absolute Gasteiger partial charge is 0.221 e. The predicted molar refractivity (Wildman–Crippen MR) is 90.7 cm³/mol. The maximum absolute atomic E-state index is 12.0. The Kier molecular flexibility index (Phi) is 3.64. The lowest BCUT2D eigenvalue weighted by Crippen LogP contribution is -2.65. The van der Waals surface area contributed by atoms with Gasteiger partial charge in [0.05, 0.1) is 12.7 Å². The van der Waals surface area contributed by atoms with Crippen LogP contribution in [0.5, 0.6) is 5.75 Å². The Hall–Kier alpha value is -2.22. The summed E-state index contributed by atoms with van der Waals surface area (Å²) in [5.74, 6) is 1.48. The Bertz CT molecular complexity index is 681. The number of nitrogens with zero attached hydrogens (tertiary/aromatic N) is 2. The molecule has 1 spiro atoms. The molecule has 0 radical (unpaired) electrons. The molecule has 4 atom stereocenters. The summed E-state index contributed by atoms with van der Waals surface area (Å²) in [4.78, 5) is 14.5. The molecular weight excluding hydrogens is 302 g/mol. The Morgan fingerprint density at radius 1 is 1.42 bits per heavy atom. The van der Waals surface area contributed by atoms with Gasteiger partial charge in [0.1, 0.15) is 5.75 Å². The number of nitrogens with one attached hydrogen (secondary N) is 1. The van der Waals surface area contributed by atoms with Gasteiger partial charge in [-0.25, -0.2) is 0 Å². The lowest BCUT2D eigenvalue weighted by Gasteiger charge is -2.54. The summed E-state index contributed by atoms with van der Waals surface area (Å²) >= 11 is 0. The molecule has 2 aliphatic carbocycles. The molecule has 4 aliphatic rings. The largest absolute Gasteiger partial charge is 0.494 e. The van der Waals surface area contributed by atoms with Crippen molar-refractivity contribution in [1.29, 1.82) is 5.26 Å². The lowest BCUT2D eigenvalue weighted by molar-refractivity contribution is -0.124. The molecule has 2 bridgehead atoms. The minimum atomic E-state index is 0.0331. The highest BCUT2D eigenvalue weighted by molar-refractivity contribution is 5.77. The minimum absolute atomic E-state index is 0.0331. The highest BCUT2D eigenvalue weighted by Crippen LogP contribution is 2.69. The number of anilines is 1. The van der Waals surface area contributed by atoms with Gasteiger partial charge in [0, 0.05) is 42.6 Å². The second kappa shape index (κ2) is 5.70. The molecule has 1 aromatic carbocycles. The van der Waals surface area contributed by atoms with Crippen molar-refractivity contribution in [3.05, 3.63) is 24.3 Å². The van der Waals surface area contributed by atoms with Gasteiger partial charge in [-0.1, -0.05) is 0 Å². The van der Waals surface area contributed by atoms with Crippen LogP contribution in [0.25, 0.3) is 0 Å². The first kappa shape index (κ1) is 15.3. The number of ether oxygens (including phenoxy) is 1. The van der Waals surface area contributed by atoms with Crippen LogP contribution in [0.1, 0.15) is 32.6 Å². The number of carbonyl (C=O) groups excluding carboxylic acids is 1. The van der Waals surface area contributed by atoms with Crippen LogP contribution >= 0.6 is 0 Å². The minimum Gasteiger partial charge on any atom is -0.494 e. The molecule has 4 fully saturated rings. The number of nitriles is 1. The van der Waals surface area contributed by atoms with E-state index in [9.17, 15) is 4.79 Å². The van der Waals surface area contributed by atoms with E-state index in [-0.39, 0.29) is 11.3 Å². The van der Waals surface area contributed by atoms with Crippen molar-refractivity contribution in [3.63, 3.8) is 0 Å². The van der Waals surface area contributed by atoms with E-state index >= 15 is 0 Å². The first-order valence-corrected chi connectivity index (χ1v) is 8.84. The van der Waals surface area contributed by atoms with Crippen LogP contribution in [0.2, 0.25) is 0 Å². The molecule has 5 rings (SSSR count). The molecule has 4 unspecified atom stereocenters. The van der Waals surface area contributed by atoms with Crippen LogP contribution in [0.3, 0.4) is 0 Å². The second-order valence-corrected chi connectivity index (χ2v) is 7.20. The zero-order chi connectivity index (χ0) is 16.7. The van der Waals surface area contributed by atoms with E-state index in [0.29, 0.717) is 37.5 Å². The molecule has 126 valence electrons. The van der Waals surface area contributed by atoms with Crippen LogP contribution < -0.4 is 15.0 Å². The Labute approximate surface area is 142 Å². The number of hydrogen-bond donors (Lipinski definition) is 1. The average molecular weight is 325 g/mol. The van der Waals surface area contributed by atoms with E-state index in [0.717, 1.165) is 12.3 Å². The highest BCUT2D eigenvalue weighted by Gasteiger charge is 2.73. The lowest BCUT2D eigenvalue weighted by atomic mass is 9.63. The van der Waals surface area contributed by atoms with Crippen molar-refractivity contribution in [2.75, 3.05) is 18.1 Å². The number of hydrogen-bond acceptors (Lipinski definition) is 4. The topological polar surface area (TPSA) is 65.4 Å². The van der Waals surface area contributed by atoms with E-state index in [4.69, 9.17) is 10.00 Å². The molecule has 2 saturated carbocycles. The number of amides is 1. The third kappa shape index (κ3) is 2.32. The van der Waals surface area contributed by atoms with Crippen molar-refractivity contribution in [2.24, 2.45) is 11.3 Å². The summed E-state index contributed by atoms with van der Waals surface area (Å²) in [5, 5.41) is 11.8. The molecule has 24 heavy (non-hydrogen) atoms. The Morgan fingerprint density at radius 2 is 2.21 bits per heavy atom. The number of carbonyl (C=O) groups is 1. The summed E-state index contributed by atoms with van der Waals surface area (Å²) in [6.45, 7) is 3.68. The zero-order valence-corrected chi connectivity index (χ0v) is 14.0. The summed E-state index contributed by atoms with van der Waals surface area (Å²) in [6.07, 6.45) is 3.02.